The van der Waals surface area contributed by atoms with Crippen molar-refractivity contribution in [2.24, 2.45) is 5.73 Å². The SMILES string of the molecule is Cc1cc(C(O)C(CN)c2ccc(Cl)cc2Cl)sc1C. The normalized spacial score (nSPS) is 14.3. The lowest BCUT2D eigenvalue weighted by Crippen LogP contribution is -2.20. The van der Waals surface area contributed by atoms with Crippen molar-refractivity contribution in [3.05, 3.63) is 55.2 Å². The van der Waals surface area contributed by atoms with E-state index in [1.807, 2.05) is 26.0 Å². The Balaban J connectivity index is 2.36. The van der Waals surface area contributed by atoms with Crippen LogP contribution in [0.15, 0.2) is 24.3 Å². The summed E-state index contributed by atoms with van der Waals surface area (Å²) in [6.45, 7) is 4.40. The molecule has 5 heteroatoms. The molecule has 1 aromatic carbocycles. The third-order valence-electron chi connectivity index (χ3n) is 3.47. The highest BCUT2D eigenvalue weighted by atomic mass is 35.5. The molecule has 0 amide bonds. The van der Waals surface area contributed by atoms with E-state index in [1.165, 1.54) is 10.4 Å². The lowest BCUT2D eigenvalue weighted by molar-refractivity contribution is 0.151. The summed E-state index contributed by atoms with van der Waals surface area (Å²) in [5.41, 5.74) is 7.86. The molecule has 0 spiro atoms. The topological polar surface area (TPSA) is 46.2 Å². The molecule has 0 bridgehead atoms. The van der Waals surface area contributed by atoms with Crippen LogP contribution in [-0.2, 0) is 0 Å². The second kappa shape index (κ2) is 6.46. The van der Waals surface area contributed by atoms with Crippen LogP contribution in [-0.4, -0.2) is 11.7 Å². The molecule has 0 aliphatic heterocycles. The van der Waals surface area contributed by atoms with Gasteiger partial charge in [-0.05, 0) is 43.2 Å². The van der Waals surface area contributed by atoms with Gasteiger partial charge in [0.25, 0.3) is 0 Å². The molecule has 2 atom stereocenters. The quantitative estimate of drug-likeness (QED) is 0.870. The Morgan fingerprint density at radius 1 is 1.25 bits per heavy atom. The molecule has 108 valence electrons. The summed E-state index contributed by atoms with van der Waals surface area (Å²) in [4.78, 5) is 2.12. The number of aliphatic hydroxyl groups is 1. The Labute approximate surface area is 133 Å². The maximum absolute atomic E-state index is 10.6. The molecule has 0 radical (unpaired) electrons. The highest BCUT2D eigenvalue weighted by Gasteiger charge is 2.25. The Bertz CT molecular complexity index is 592. The van der Waals surface area contributed by atoms with Gasteiger partial charge in [0.05, 0.1) is 6.10 Å². The fraction of sp³-hybridized carbons (Fsp3) is 0.333. The van der Waals surface area contributed by atoms with Crippen molar-refractivity contribution < 1.29 is 5.11 Å². The average molecular weight is 330 g/mol. The van der Waals surface area contributed by atoms with Gasteiger partial charge in [0.15, 0.2) is 0 Å². The third-order valence-corrected chi connectivity index (χ3v) is 5.26. The first-order valence-electron chi connectivity index (χ1n) is 6.34. The predicted molar refractivity (Wildman–Crippen MR) is 87.0 cm³/mol. The summed E-state index contributed by atoms with van der Waals surface area (Å²) in [5.74, 6) is -0.239. The lowest BCUT2D eigenvalue weighted by atomic mass is 9.92. The van der Waals surface area contributed by atoms with Crippen LogP contribution in [0, 0.1) is 13.8 Å². The average Bonchev–Trinajstić information content (AvgIpc) is 2.73. The summed E-state index contributed by atoms with van der Waals surface area (Å²) >= 11 is 13.7. The van der Waals surface area contributed by atoms with Crippen LogP contribution >= 0.6 is 34.5 Å². The van der Waals surface area contributed by atoms with E-state index in [1.54, 1.807) is 23.5 Å². The molecule has 2 aromatic rings. The van der Waals surface area contributed by atoms with E-state index in [-0.39, 0.29) is 5.92 Å². The van der Waals surface area contributed by atoms with Crippen LogP contribution in [0.25, 0.3) is 0 Å². The van der Waals surface area contributed by atoms with Crippen molar-refractivity contribution in [3.63, 3.8) is 0 Å². The first kappa shape index (κ1) is 15.8. The van der Waals surface area contributed by atoms with Gasteiger partial charge in [-0.2, -0.15) is 0 Å². The highest BCUT2D eigenvalue weighted by Crippen LogP contribution is 2.38. The fourth-order valence-electron chi connectivity index (χ4n) is 2.17. The van der Waals surface area contributed by atoms with Crippen LogP contribution in [0.3, 0.4) is 0 Å². The van der Waals surface area contributed by atoms with Gasteiger partial charge >= 0.3 is 0 Å². The molecule has 2 unspecified atom stereocenters. The lowest BCUT2D eigenvalue weighted by Gasteiger charge is -2.22. The van der Waals surface area contributed by atoms with Crippen molar-refractivity contribution in [3.8, 4) is 0 Å². The monoisotopic (exact) mass is 329 g/mol. The van der Waals surface area contributed by atoms with Gasteiger partial charge in [-0.3, -0.25) is 0 Å². The number of rotatable bonds is 4. The second-order valence-electron chi connectivity index (χ2n) is 4.84. The zero-order valence-electron chi connectivity index (χ0n) is 11.4. The Kier molecular flexibility index (Phi) is 5.10. The summed E-state index contributed by atoms with van der Waals surface area (Å²) in [6.07, 6.45) is -0.656. The molecule has 20 heavy (non-hydrogen) atoms. The highest BCUT2D eigenvalue weighted by molar-refractivity contribution is 7.12. The Morgan fingerprint density at radius 2 is 1.95 bits per heavy atom. The van der Waals surface area contributed by atoms with E-state index in [4.69, 9.17) is 28.9 Å². The Morgan fingerprint density at radius 3 is 2.45 bits per heavy atom. The number of halogens is 2. The van der Waals surface area contributed by atoms with Gasteiger partial charge < -0.3 is 10.8 Å². The summed E-state index contributed by atoms with van der Waals surface area (Å²) in [5, 5.41) is 11.7. The number of hydrogen-bond donors (Lipinski definition) is 2. The van der Waals surface area contributed by atoms with Gasteiger partial charge in [0.2, 0.25) is 0 Å². The molecule has 3 N–H and O–H groups in total. The zero-order chi connectivity index (χ0) is 14.9. The number of thiophene rings is 1. The molecule has 0 saturated heterocycles. The van der Waals surface area contributed by atoms with E-state index in [9.17, 15) is 5.11 Å². The summed E-state index contributed by atoms with van der Waals surface area (Å²) in [6, 6.07) is 7.29. The molecule has 2 nitrogen and oxygen atoms in total. The van der Waals surface area contributed by atoms with Crippen LogP contribution < -0.4 is 5.73 Å². The molecule has 1 aromatic heterocycles. The minimum Gasteiger partial charge on any atom is -0.387 e. The molecule has 2 rings (SSSR count). The first-order chi connectivity index (χ1) is 9.43. The van der Waals surface area contributed by atoms with E-state index in [0.29, 0.717) is 16.6 Å². The van der Waals surface area contributed by atoms with Crippen LogP contribution in [0.4, 0.5) is 0 Å². The standard InChI is InChI=1S/C15H17Cl2NOS/c1-8-5-14(20-9(8)2)15(19)12(7-18)11-4-3-10(16)6-13(11)17/h3-6,12,15,19H,7,18H2,1-2H3. The van der Waals surface area contributed by atoms with Gasteiger partial charge in [-0.1, -0.05) is 29.3 Å². The van der Waals surface area contributed by atoms with Crippen molar-refractivity contribution >= 4 is 34.5 Å². The summed E-state index contributed by atoms with van der Waals surface area (Å²) in [7, 11) is 0. The van der Waals surface area contributed by atoms with Gasteiger partial charge in [0, 0.05) is 32.3 Å². The maximum atomic E-state index is 10.6. The van der Waals surface area contributed by atoms with E-state index >= 15 is 0 Å². The molecule has 0 aliphatic carbocycles. The van der Waals surface area contributed by atoms with Crippen LogP contribution in [0.5, 0.6) is 0 Å². The van der Waals surface area contributed by atoms with Crippen LogP contribution in [0.1, 0.15) is 32.9 Å². The maximum Gasteiger partial charge on any atom is 0.0963 e. The van der Waals surface area contributed by atoms with Crippen molar-refractivity contribution in [1.82, 2.24) is 0 Å². The van der Waals surface area contributed by atoms with Gasteiger partial charge in [-0.25, -0.2) is 0 Å². The van der Waals surface area contributed by atoms with Crippen LogP contribution in [0.2, 0.25) is 10.0 Å². The van der Waals surface area contributed by atoms with E-state index in [2.05, 4.69) is 0 Å². The Hall–Kier alpha value is -0.580. The number of benzene rings is 1. The largest absolute Gasteiger partial charge is 0.387 e. The molecule has 1 heterocycles. The number of aryl methyl sites for hydroxylation is 2. The number of hydrogen-bond acceptors (Lipinski definition) is 3. The fourth-order valence-corrected chi connectivity index (χ4v) is 3.82. The first-order valence-corrected chi connectivity index (χ1v) is 7.91. The molecule has 0 saturated carbocycles. The molecule has 0 aliphatic rings. The second-order valence-corrected chi connectivity index (χ2v) is 6.97. The summed E-state index contributed by atoms with van der Waals surface area (Å²) < 4.78 is 0. The van der Waals surface area contributed by atoms with Gasteiger partial charge in [-0.15, -0.1) is 11.3 Å². The minimum absolute atomic E-state index is 0.239. The van der Waals surface area contributed by atoms with Gasteiger partial charge in [0.1, 0.15) is 0 Å². The zero-order valence-corrected chi connectivity index (χ0v) is 13.7. The third kappa shape index (κ3) is 3.18. The van der Waals surface area contributed by atoms with Crippen molar-refractivity contribution in [2.75, 3.05) is 6.54 Å². The molecular weight excluding hydrogens is 313 g/mol. The van der Waals surface area contributed by atoms with Crippen molar-refractivity contribution in [1.29, 1.82) is 0 Å². The van der Waals surface area contributed by atoms with E-state index < -0.39 is 6.10 Å². The minimum atomic E-state index is -0.656. The van der Waals surface area contributed by atoms with E-state index in [0.717, 1.165) is 10.4 Å². The number of aliphatic hydroxyl groups excluding tert-OH is 1. The predicted octanol–water partition coefficient (Wildman–Crippen LogP) is 4.45. The number of nitrogens with two attached hydrogens (primary N) is 1. The molecular formula is C15H17Cl2NOS. The van der Waals surface area contributed by atoms with Crippen molar-refractivity contribution in [2.45, 2.75) is 25.9 Å². The molecule has 0 fully saturated rings. The smallest absolute Gasteiger partial charge is 0.0963 e.